The minimum Gasteiger partial charge on any atom is -0.466 e. The molecule has 0 unspecified atom stereocenters. The largest absolute Gasteiger partial charge is 0.466 e. The lowest BCUT2D eigenvalue weighted by molar-refractivity contribution is 0.0762. The number of hydrogen-bond donors (Lipinski definition) is 1. The van der Waals surface area contributed by atoms with Gasteiger partial charge in [-0.05, 0) is 26.3 Å². The highest BCUT2D eigenvalue weighted by molar-refractivity contribution is 7.89. The summed E-state index contributed by atoms with van der Waals surface area (Å²) in [7, 11) is -3.60. The third-order valence-corrected chi connectivity index (χ3v) is 5.93. The van der Waals surface area contributed by atoms with Gasteiger partial charge in [0.2, 0.25) is 0 Å². The molecule has 0 atom stereocenters. The molecule has 1 amide bonds. The molecule has 0 saturated carbocycles. The van der Waals surface area contributed by atoms with Gasteiger partial charge in [-0.25, -0.2) is 13.4 Å². The number of imidazole rings is 1. The van der Waals surface area contributed by atoms with Crippen molar-refractivity contribution in [2.45, 2.75) is 25.3 Å². The summed E-state index contributed by atoms with van der Waals surface area (Å²) in [6, 6.07) is 1.72. The minimum absolute atomic E-state index is 0.0728. The number of carbonyl (C=O) groups excluding carboxylic acids is 1. The summed E-state index contributed by atoms with van der Waals surface area (Å²) in [4.78, 5) is 20.7. The summed E-state index contributed by atoms with van der Waals surface area (Å²) in [6.07, 6.45) is 3.21. The SMILES string of the molecule is Cc1cc(C(=O)N2CCCN(S(=O)(=O)c3cnc[nH]3)CC2)c(C)o1. The Hall–Kier alpha value is -2.13. The monoisotopic (exact) mass is 352 g/mol. The highest BCUT2D eigenvalue weighted by Crippen LogP contribution is 2.19. The van der Waals surface area contributed by atoms with E-state index in [2.05, 4.69) is 9.97 Å². The Bertz CT molecular complexity index is 826. The Kier molecular flexibility index (Phi) is 4.46. The Morgan fingerprint density at radius 2 is 2.04 bits per heavy atom. The van der Waals surface area contributed by atoms with Gasteiger partial charge in [-0.15, -0.1) is 0 Å². The molecule has 1 N–H and O–H groups in total. The van der Waals surface area contributed by atoms with Crippen LogP contribution in [0.15, 0.2) is 28.0 Å². The molecule has 0 aliphatic carbocycles. The van der Waals surface area contributed by atoms with Gasteiger partial charge >= 0.3 is 0 Å². The third kappa shape index (κ3) is 3.09. The molecule has 0 bridgehead atoms. The van der Waals surface area contributed by atoms with Crippen LogP contribution in [0.25, 0.3) is 0 Å². The second-order valence-electron chi connectivity index (χ2n) is 5.79. The molecular weight excluding hydrogens is 332 g/mol. The Morgan fingerprint density at radius 1 is 1.25 bits per heavy atom. The summed E-state index contributed by atoms with van der Waals surface area (Å²) in [5.74, 6) is 1.16. The molecule has 1 aliphatic rings. The standard InChI is InChI=1S/C15H20N4O4S/c1-11-8-13(12(2)23-11)15(20)18-4-3-5-19(7-6-18)24(21,22)14-9-16-10-17-14/h8-10H,3-7H2,1-2H3,(H,16,17). The minimum atomic E-state index is -3.60. The van der Waals surface area contributed by atoms with Gasteiger partial charge in [0.1, 0.15) is 11.5 Å². The molecule has 2 aromatic heterocycles. The molecule has 1 saturated heterocycles. The molecule has 1 aliphatic heterocycles. The Balaban J connectivity index is 1.74. The summed E-state index contributed by atoms with van der Waals surface area (Å²) < 4.78 is 31.9. The first-order valence-corrected chi connectivity index (χ1v) is 9.18. The number of nitrogens with zero attached hydrogens (tertiary/aromatic N) is 3. The normalized spacial score (nSPS) is 17.0. The maximum absolute atomic E-state index is 12.7. The number of H-pyrrole nitrogens is 1. The predicted molar refractivity (Wildman–Crippen MR) is 86.0 cm³/mol. The zero-order valence-electron chi connectivity index (χ0n) is 13.7. The van der Waals surface area contributed by atoms with Crippen LogP contribution >= 0.6 is 0 Å². The van der Waals surface area contributed by atoms with Crippen LogP contribution in [0.5, 0.6) is 0 Å². The van der Waals surface area contributed by atoms with Crippen LogP contribution in [0.4, 0.5) is 0 Å². The topological polar surface area (TPSA) is 99.5 Å². The second kappa shape index (κ2) is 6.40. The first-order chi connectivity index (χ1) is 11.4. The van der Waals surface area contributed by atoms with Gasteiger partial charge in [-0.3, -0.25) is 4.79 Å². The van der Waals surface area contributed by atoms with Crippen molar-refractivity contribution in [3.05, 3.63) is 35.7 Å². The zero-order valence-corrected chi connectivity index (χ0v) is 14.5. The first-order valence-electron chi connectivity index (χ1n) is 7.74. The molecule has 2 aromatic rings. The highest BCUT2D eigenvalue weighted by Gasteiger charge is 2.30. The number of rotatable bonds is 3. The van der Waals surface area contributed by atoms with Gasteiger partial charge in [0, 0.05) is 26.2 Å². The van der Waals surface area contributed by atoms with Crippen LogP contribution in [0, 0.1) is 13.8 Å². The fourth-order valence-electron chi connectivity index (χ4n) is 2.87. The number of carbonyl (C=O) groups is 1. The van der Waals surface area contributed by atoms with Crippen molar-refractivity contribution in [1.82, 2.24) is 19.2 Å². The quantitative estimate of drug-likeness (QED) is 0.893. The van der Waals surface area contributed by atoms with E-state index in [0.717, 1.165) is 0 Å². The molecule has 24 heavy (non-hydrogen) atoms. The fraction of sp³-hybridized carbons (Fsp3) is 0.467. The smallest absolute Gasteiger partial charge is 0.260 e. The van der Waals surface area contributed by atoms with Crippen molar-refractivity contribution >= 4 is 15.9 Å². The summed E-state index contributed by atoms with van der Waals surface area (Å²) in [5, 5.41) is 0.0728. The van der Waals surface area contributed by atoms with Gasteiger partial charge in [-0.1, -0.05) is 0 Å². The lowest BCUT2D eigenvalue weighted by atomic mass is 10.2. The predicted octanol–water partition coefficient (Wildman–Crippen LogP) is 1.16. The van der Waals surface area contributed by atoms with Crippen LogP contribution in [-0.4, -0.2) is 59.7 Å². The van der Waals surface area contributed by atoms with Gasteiger partial charge in [0.25, 0.3) is 15.9 Å². The van der Waals surface area contributed by atoms with Crippen LogP contribution < -0.4 is 0 Å². The molecule has 9 heteroatoms. The van der Waals surface area contributed by atoms with Gasteiger partial charge in [0.15, 0.2) is 5.03 Å². The van der Waals surface area contributed by atoms with Crippen molar-refractivity contribution < 1.29 is 17.6 Å². The van der Waals surface area contributed by atoms with Crippen molar-refractivity contribution in [2.75, 3.05) is 26.2 Å². The van der Waals surface area contributed by atoms with Gasteiger partial charge < -0.3 is 14.3 Å². The first kappa shape index (κ1) is 16.7. The molecule has 0 spiro atoms. The zero-order chi connectivity index (χ0) is 17.3. The van der Waals surface area contributed by atoms with E-state index < -0.39 is 10.0 Å². The number of nitrogens with one attached hydrogen (secondary N) is 1. The second-order valence-corrected chi connectivity index (χ2v) is 7.70. The van der Waals surface area contributed by atoms with E-state index in [4.69, 9.17) is 4.42 Å². The van der Waals surface area contributed by atoms with E-state index >= 15 is 0 Å². The van der Waals surface area contributed by atoms with Crippen molar-refractivity contribution in [1.29, 1.82) is 0 Å². The van der Waals surface area contributed by atoms with Crippen molar-refractivity contribution in [3.8, 4) is 0 Å². The van der Waals surface area contributed by atoms with E-state index in [1.165, 1.54) is 16.8 Å². The number of amides is 1. The maximum Gasteiger partial charge on any atom is 0.260 e. The fourth-order valence-corrected chi connectivity index (χ4v) is 4.24. The molecule has 3 rings (SSSR count). The number of hydrogen-bond acceptors (Lipinski definition) is 5. The van der Waals surface area contributed by atoms with Crippen LogP contribution in [-0.2, 0) is 10.0 Å². The van der Waals surface area contributed by atoms with E-state index in [9.17, 15) is 13.2 Å². The third-order valence-electron chi connectivity index (χ3n) is 4.10. The average Bonchev–Trinajstić information content (AvgIpc) is 3.10. The van der Waals surface area contributed by atoms with E-state index in [1.807, 2.05) is 0 Å². The number of aryl methyl sites for hydroxylation is 2. The number of furan rings is 1. The molecule has 130 valence electrons. The molecule has 3 heterocycles. The Morgan fingerprint density at radius 3 is 2.67 bits per heavy atom. The summed E-state index contributed by atoms with van der Waals surface area (Å²) >= 11 is 0. The molecule has 1 fully saturated rings. The number of aromatic amines is 1. The van der Waals surface area contributed by atoms with Crippen LogP contribution in [0.2, 0.25) is 0 Å². The average molecular weight is 352 g/mol. The number of aromatic nitrogens is 2. The van der Waals surface area contributed by atoms with Crippen molar-refractivity contribution in [2.24, 2.45) is 0 Å². The maximum atomic E-state index is 12.7. The number of sulfonamides is 1. The van der Waals surface area contributed by atoms with Crippen LogP contribution in [0.1, 0.15) is 28.3 Å². The molecule has 8 nitrogen and oxygen atoms in total. The lowest BCUT2D eigenvalue weighted by Crippen LogP contribution is -2.37. The van der Waals surface area contributed by atoms with Crippen LogP contribution in [0.3, 0.4) is 0 Å². The molecule has 0 radical (unpaired) electrons. The highest BCUT2D eigenvalue weighted by atomic mass is 32.2. The summed E-state index contributed by atoms with van der Waals surface area (Å²) in [5.41, 5.74) is 0.539. The van der Waals surface area contributed by atoms with Crippen molar-refractivity contribution in [3.63, 3.8) is 0 Å². The lowest BCUT2D eigenvalue weighted by Gasteiger charge is -2.21. The van der Waals surface area contributed by atoms with E-state index in [0.29, 0.717) is 43.1 Å². The molecular formula is C15H20N4O4S. The van der Waals surface area contributed by atoms with Gasteiger partial charge in [-0.2, -0.15) is 4.31 Å². The van der Waals surface area contributed by atoms with Gasteiger partial charge in [0.05, 0.1) is 18.1 Å². The Labute approximate surface area is 140 Å². The molecule has 0 aromatic carbocycles. The summed E-state index contributed by atoms with van der Waals surface area (Å²) in [6.45, 7) is 5.03. The van der Waals surface area contributed by atoms with E-state index in [-0.39, 0.29) is 17.5 Å². The van der Waals surface area contributed by atoms with E-state index in [1.54, 1.807) is 24.8 Å².